The molecule has 0 aliphatic rings. The molecule has 0 saturated heterocycles. The molecule has 0 saturated carbocycles. The average Bonchev–Trinajstić information content (AvgIpc) is 2.94. The maximum atomic E-state index is 13.6. The van der Waals surface area contributed by atoms with Gasteiger partial charge in [-0.25, -0.2) is 13.8 Å². The van der Waals surface area contributed by atoms with Crippen LogP contribution in [0.25, 0.3) is 10.4 Å². The van der Waals surface area contributed by atoms with Gasteiger partial charge in [-0.2, -0.15) is 0 Å². The molecule has 1 heterocycles. The van der Waals surface area contributed by atoms with Gasteiger partial charge in [0.05, 0.1) is 16.1 Å². The molecule has 0 unspecified atom stereocenters. The summed E-state index contributed by atoms with van der Waals surface area (Å²) in [5.41, 5.74) is 3.54. The van der Waals surface area contributed by atoms with Crippen LogP contribution in [-0.2, 0) is 0 Å². The van der Waals surface area contributed by atoms with E-state index >= 15 is 0 Å². The van der Waals surface area contributed by atoms with Gasteiger partial charge in [0.25, 0.3) is 5.91 Å². The molecule has 2 aromatic carbocycles. The van der Waals surface area contributed by atoms with Gasteiger partial charge >= 0.3 is 0 Å². The highest BCUT2D eigenvalue weighted by atomic mass is 32.1. The monoisotopic (exact) mass is 330 g/mol. The number of hydrogen-bond donors (Lipinski definition) is 1. The minimum Gasteiger partial charge on any atom is -0.322 e. The Morgan fingerprint density at radius 2 is 1.74 bits per heavy atom. The normalized spacial score (nSPS) is 10.6. The fraction of sp³-hybridized carbons (Fsp3) is 0.0588. The molecule has 1 N–H and O–H groups in total. The number of aromatic nitrogens is 1. The summed E-state index contributed by atoms with van der Waals surface area (Å²) >= 11 is 1.53. The van der Waals surface area contributed by atoms with Gasteiger partial charge < -0.3 is 5.32 Å². The van der Waals surface area contributed by atoms with Crippen LogP contribution >= 0.6 is 11.3 Å². The SMILES string of the molecule is Cc1ncsc1-c1ccc(NC(=O)c2c(F)cccc2F)cc1. The van der Waals surface area contributed by atoms with Crippen LogP contribution in [0.15, 0.2) is 48.0 Å². The van der Waals surface area contributed by atoms with E-state index in [9.17, 15) is 13.6 Å². The van der Waals surface area contributed by atoms with Crippen molar-refractivity contribution in [3.8, 4) is 10.4 Å². The number of carbonyl (C=O) groups excluding carboxylic acids is 1. The zero-order chi connectivity index (χ0) is 16.4. The number of carbonyl (C=O) groups is 1. The van der Waals surface area contributed by atoms with Crippen molar-refractivity contribution < 1.29 is 13.6 Å². The largest absolute Gasteiger partial charge is 0.322 e. The Morgan fingerprint density at radius 3 is 2.30 bits per heavy atom. The molecule has 0 fully saturated rings. The van der Waals surface area contributed by atoms with E-state index in [0.29, 0.717) is 5.69 Å². The molecule has 6 heteroatoms. The van der Waals surface area contributed by atoms with Gasteiger partial charge in [-0.05, 0) is 36.8 Å². The van der Waals surface area contributed by atoms with Crippen molar-refractivity contribution in [2.75, 3.05) is 5.32 Å². The number of rotatable bonds is 3. The molecular weight excluding hydrogens is 318 g/mol. The molecule has 0 aliphatic carbocycles. The zero-order valence-electron chi connectivity index (χ0n) is 12.1. The van der Waals surface area contributed by atoms with Crippen LogP contribution in [0.1, 0.15) is 16.1 Å². The molecule has 0 bridgehead atoms. The van der Waals surface area contributed by atoms with Gasteiger partial charge in [-0.1, -0.05) is 18.2 Å². The number of aryl methyl sites for hydroxylation is 1. The molecule has 0 atom stereocenters. The number of halogens is 2. The van der Waals surface area contributed by atoms with Crippen LogP contribution in [0.2, 0.25) is 0 Å². The van der Waals surface area contributed by atoms with E-state index in [1.165, 1.54) is 17.4 Å². The second kappa shape index (κ2) is 6.26. The van der Waals surface area contributed by atoms with Crippen LogP contribution in [0.5, 0.6) is 0 Å². The Kier molecular flexibility index (Phi) is 4.16. The van der Waals surface area contributed by atoms with Gasteiger partial charge in [-0.3, -0.25) is 4.79 Å². The van der Waals surface area contributed by atoms with Gasteiger partial charge in [0, 0.05) is 5.69 Å². The van der Waals surface area contributed by atoms with Crippen LogP contribution in [0.3, 0.4) is 0 Å². The third-order valence-corrected chi connectivity index (χ3v) is 4.32. The highest BCUT2D eigenvalue weighted by Gasteiger charge is 2.17. The lowest BCUT2D eigenvalue weighted by Crippen LogP contribution is -2.15. The Hall–Kier alpha value is -2.60. The van der Waals surface area contributed by atoms with E-state index in [0.717, 1.165) is 28.3 Å². The Morgan fingerprint density at radius 1 is 1.09 bits per heavy atom. The summed E-state index contributed by atoms with van der Waals surface area (Å²) in [6.07, 6.45) is 0. The molecule has 0 aliphatic heterocycles. The number of hydrogen-bond acceptors (Lipinski definition) is 3. The first-order chi connectivity index (χ1) is 11.1. The van der Waals surface area contributed by atoms with Crippen molar-refractivity contribution in [2.45, 2.75) is 6.92 Å². The van der Waals surface area contributed by atoms with Crippen LogP contribution in [-0.4, -0.2) is 10.9 Å². The Bertz CT molecular complexity index is 839. The number of amides is 1. The maximum Gasteiger partial charge on any atom is 0.261 e. The second-order valence-electron chi connectivity index (χ2n) is 4.90. The topological polar surface area (TPSA) is 42.0 Å². The standard InChI is InChI=1S/C17H12F2N2OS/c1-10-16(23-9-20-10)11-5-7-12(8-6-11)21-17(22)15-13(18)3-2-4-14(15)19/h2-9H,1H3,(H,21,22). The first-order valence-corrected chi connectivity index (χ1v) is 7.70. The highest BCUT2D eigenvalue weighted by Crippen LogP contribution is 2.28. The van der Waals surface area contributed by atoms with E-state index in [2.05, 4.69) is 10.3 Å². The number of benzene rings is 2. The molecule has 0 spiro atoms. The minimum absolute atomic E-state index is 0.462. The maximum absolute atomic E-state index is 13.6. The summed E-state index contributed by atoms with van der Waals surface area (Å²) < 4.78 is 27.2. The average molecular weight is 330 g/mol. The first-order valence-electron chi connectivity index (χ1n) is 6.82. The molecule has 1 amide bonds. The van der Waals surface area contributed by atoms with E-state index in [-0.39, 0.29) is 0 Å². The summed E-state index contributed by atoms with van der Waals surface area (Å²) in [7, 11) is 0. The quantitative estimate of drug-likeness (QED) is 0.759. The lowest BCUT2D eigenvalue weighted by molar-refractivity contribution is 0.101. The van der Waals surface area contributed by atoms with Gasteiger partial charge in [0.15, 0.2) is 0 Å². The van der Waals surface area contributed by atoms with Crippen molar-refractivity contribution >= 4 is 22.9 Å². The summed E-state index contributed by atoms with van der Waals surface area (Å²) in [4.78, 5) is 17.3. The third kappa shape index (κ3) is 3.12. The third-order valence-electron chi connectivity index (χ3n) is 3.34. The van der Waals surface area contributed by atoms with E-state index in [4.69, 9.17) is 0 Å². The number of nitrogens with zero attached hydrogens (tertiary/aromatic N) is 1. The van der Waals surface area contributed by atoms with E-state index in [1.807, 2.05) is 19.1 Å². The summed E-state index contributed by atoms with van der Waals surface area (Å²) in [5, 5.41) is 2.50. The van der Waals surface area contributed by atoms with Crippen LogP contribution in [0.4, 0.5) is 14.5 Å². The second-order valence-corrected chi connectivity index (χ2v) is 5.75. The number of nitrogens with one attached hydrogen (secondary N) is 1. The molecule has 1 aromatic heterocycles. The zero-order valence-corrected chi connectivity index (χ0v) is 13.0. The lowest BCUT2D eigenvalue weighted by Gasteiger charge is -2.08. The molecule has 3 rings (SSSR count). The molecule has 3 nitrogen and oxygen atoms in total. The van der Waals surface area contributed by atoms with Crippen molar-refractivity contribution in [3.05, 3.63) is 70.9 Å². The van der Waals surface area contributed by atoms with Crippen molar-refractivity contribution in [1.29, 1.82) is 0 Å². The predicted octanol–water partition coefficient (Wildman–Crippen LogP) is 4.65. The lowest BCUT2D eigenvalue weighted by atomic mass is 10.1. The molecule has 3 aromatic rings. The Balaban J connectivity index is 1.81. The Labute approximate surface area is 135 Å². The molecule has 0 radical (unpaired) electrons. The first kappa shape index (κ1) is 15.3. The summed E-state index contributed by atoms with van der Waals surface area (Å²) in [6.45, 7) is 1.92. The minimum atomic E-state index is -0.889. The fourth-order valence-electron chi connectivity index (χ4n) is 2.19. The van der Waals surface area contributed by atoms with Gasteiger partial charge in [0.2, 0.25) is 0 Å². The van der Waals surface area contributed by atoms with E-state index in [1.54, 1.807) is 17.6 Å². The van der Waals surface area contributed by atoms with Crippen molar-refractivity contribution in [2.24, 2.45) is 0 Å². The van der Waals surface area contributed by atoms with E-state index < -0.39 is 23.1 Å². The highest BCUT2D eigenvalue weighted by molar-refractivity contribution is 7.13. The summed E-state index contributed by atoms with van der Waals surface area (Å²) in [6, 6.07) is 10.3. The molecule has 23 heavy (non-hydrogen) atoms. The fourth-order valence-corrected chi connectivity index (χ4v) is 3.00. The van der Waals surface area contributed by atoms with Crippen LogP contribution in [0, 0.1) is 18.6 Å². The van der Waals surface area contributed by atoms with Crippen molar-refractivity contribution in [1.82, 2.24) is 4.98 Å². The van der Waals surface area contributed by atoms with Crippen molar-refractivity contribution in [3.63, 3.8) is 0 Å². The number of thiazole rings is 1. The summed E-state index contributed by atoms with van der Waals surface area (Å²) in [5.74, 6) is -2.60. The van der Waals surface area contributed by atoms with Gasteiger partial charge in [0.1, 0.15) is 17.2 Å². The molecule has 116 valence electrons. The van der Waals surface area contributed by atoms with Crippen LogP contribution < -0.4 is 5.32 Å². The predicted molar refractivity (Wildman–Crippen MR) is 86.6 cm³/mol. The number of anilines is 1. The smallest absolute Gasteiger partial charge is 0.261 e. The van der Waals surface area contributed by atoms with Gasteiger partial charge in [-0.15, -0.1) is 11.3 Å². The molecular formula is C17H12F2N2OS.